The van der Waals surface area contributed by atoms with Crippen LogP contribution in [0.25, 0.3) is 0 Å². The fourth-order valence-electron chi connectivity index (χ4n) is 1.95. The van der Waals surface area contributed by atoms with Crippen molar-refractivity contribution < 1.29 is 0 Å². The van der Waals surface area contributed by atoms with Crippen LogP contribution in [-0.4, -0.2) is 18.3 Å². The van der Waals surface area contributed by atoms with E-state index in [1.807, 2.05) is 6.21 Å². The molecular weight excluding hydrogens is 204 g/mol. The molecule has 3 rings (SSSR count). The lowest BCUT2D eigenvalue weighted by atomic mass is 10.00. The molecule has 2 aliphatic rings. The van der Waals surface area contributed by atoms with E-state index < -0.39 is 0 Å². The van der Waals surface area contributed by atoms with Crippen molar-refractivity contribution in [3.05, 3.63) is 46.7 Å². The first kappa shape index (κ1) is 9.07. The largest absolute Gasteiger partial charge is 0.296 e. The normalized spacial score (nSPS) is 32.9. The smallest absolute Gasteiger partial charge is 0.0869 e. The quantitative estimate of drug-likeness (QED) is 0.765. The van der Waals surface area contributed by atoms with Crippen molar-refractivity contribution in [3.8, 4) is 0 Å². The minimum atomic E-state index is 0.280. The maximum atomic E-state index is 4.57. The van der Waals surface area contributed by atoms with Gasteiger partial charge in [-0.1, -0.05) is 30.4 Å². The second-order valence-electron chi connectivity index (χ2n) is 3.74. The Morgan fingerprint density at radius 1 is 1.27 bits per heavy atom. The van der Waals surface area contributed by atoms with E-state index in [4.69, 9.17) is 0 Å². The molecule has 0 bridgehead atoms. The molecule has 2 heterocycles. The number of nitrogens with zero attached hydrogens (tertiary/aromatic N) is 1. The Labute approximate surface area is 93.0 Å². The first-order chi connectivity index (χ1) is 7.43. The monoisotopic (exact) mass is 216 g/mol. The summed E-state index contributed by atoms with van der Waals surface area (Å²) >= 11 is 1.77. The standard InChI is InChI=1S/C12H12N2S/c1-2-5-10-9(4-1)13-8-11(14-10)12-6-3-7-15-12/h1-11,14H/t9-,10+,11+/m1/s1. The van der Waals surface area contributed by atoms with E-state index >= 15 is 0 Å². The maximum absolute atomic E-state index is 4.57. The Bertz CT molecular complexity index is 417. The molecule has 0 radical (unpaired) electrons. The van der Waals surface area contributed by atoms with Gasteiger partial charge in [0.2, 0.25) is 0 Å². The van der Waals surface area contributed by atoms with Gasteiger partial charge in [-0.15, -0.1) is 11.3 Å². The molecule has 1 aliphatic heterocycles. The van der Waals surface area contributed by atoms with Gasteiger partial charge in [0.25, 0.3) is 0 Å². The van der Waals surface area contributed by atoms with Crippen molar-refractivity contribution in [1.29, 1.82) is 0 Å². The fourth-order valence-corrected chi connectivity index (χ4v) is 2.70. The van der Waals surface area contributed by atoms with E-state index in [9.17, 15) is 0 Å². The average molecular weight is 216 g/mol. The van der Waals surface area contributed by atoms with Gasteiger partial charge >= 0.3 is 0 Å². The van der Waals surface area contributed by atoms with Crippen molar-refractivity contribution in [1.82, 2.24) is 5.32 Å². The predicted molar refractivity (Wildman–Crippen MR) is 64.5 cm³/mol. The van der Waals surface area contributed by atoms with Crippen LogP contribution in [0.3, 0.4) is 0 Å². The first-order valence-corrected chi connectivity index (χ1v) is 5.99. The van der Waals surface area contributed by atoms with E-state index in [2.05, 4.69) is 52.1 Å². The lowest BCUT2D eigenvalue weighted by Crippen LogP contribution is -2.43. The van der Waals surface area contributed by atoms with E-state index in [1.165, 1.54) is 4.88 Å². The fraction of sp³-hybridized carbons (Fsp3) is 0.250. The molecular formula is C12H12N2S. The maximum Gasteiger partial charge on any atom is 0.0869 e. The summed E-state index contributed by atoms with van der Waals surface area (Å²) < 4.78 is 0. The summed E-state index contributed by atoms with van der Waals surface area (Å²) in [5, 5.41) is 5.69. The summed E-state index contributed by atoms with van der Waals surface area (Å²) in [6, 6.07) is 5.15. The molecule has 3 heteroatoms. The third-order valence-electron chi connectivity index (χ3n) is 2.73. The third kappa shape index (κ3) is 1.68. The number of fused-ring (bicyclic) bond motifs is 1. The summed E-state index contributed by atoms with van der Waals surface area (Å²) in [4.78, 5) is 5.90. The van der Waals surface area contributed by atoms with Gasteiger partial charge in [-0.05, 0) is 11.4 Å². The van der Waals surface area contributed by atoms with Gasteiger partial charge in [-0.3, -0.25) is 10.3 Å². The van der Waals surface area contributed by atoms with Gasteiger partial charge in [0.15, 0.2) is 0 Å². The van der Waals surface area contributed by atoms with Crippen LogP contribution in [0, 0.1) is 0 Å². The van der Waals surface area contributed by atoms with Gasteiger partial charge in [0, 0.05) is 11.1 Å². The molecule has 0 saturated heterocycles. The second kappa shape index (κ2) is 3.76. The lowest BCUT2D eigenvalue weighted by Gasteiger charge is -2.30. The lowest BCUT2D eigenvalue weighted by molar-refractivity contribution is 0.502. The molecule has 2 nitrogen and oxygen atoms in total. The number of rotatable bonds is 1. The molecule has 76 valence electrons. The van der Waals surface area contributed by atoms with Gasteiger partial charge in [0.05, 0.1) is 18.1 Å². The SMILES string of the molecule is C1=C[C@@H]2N[C@H](c3cccs3)C=N[C@@H]2C=C1. The Kier molecular flexibility index (Phi) is 2.27. The van der Waals surface area contributed by atoms with Gasteiger partial charge in [-0.2, -0.15) is 0 Å². The molecule has 15 heavy (non-hydrogen) atoms. The van der Waals surface area contributed by atoms with Crippen molar-refractivity contribution in [2.45, 2.75) is 18.1 Å². The Morgan fingerprint density at radius 2 is 2.20 bits per heavy atom. The highest BCUT2D eigenvalue weighted by atomic mass is 32.1. The highest BCUT2D eigenvalue weighted by Crippen LogP contribution is 2.23. The zero-order valence-corrected chi connectivity index (χ0v) is 9.02. The van der Waals surface area contributed by atoms with Crippen molar-refractivity contribution in [2.75, 3.05) is 0 Å². The molecule has 0 spiro atoms. The molecule has 1 aromatic rings. The molecule has 1 N–H and O–H groups in total. The summed E-state index contributed by atoms with van der Waals surface area (Å²) in [6.45, 7) is 0. The zero-order valence-electron chi connectivity index (χ0n) is 8.21. The van der Waals surface area contributed by atoms with Crippen LogP contribution in [-0.2, 0) is 0 Å². The van der Waals surface area contributed by atoms with Crippen LogP contribution in [0.15, 0.2) is 46.8 Å². The average Bonchev–Trinajstić information content (AvgIpc) is 2.82. The summed E-state index contributed by atoms with van der Waals surface area (Å²) in [5.41, 5.74) is 0. The van der Waals surface area contributed by atoms with Crippen LogP contribution < -0.4 is 5.32 Å². The molecule has 0 saturated carbocycles. The molecule has 1 aromatic heterocycles. The third-order valence-corrected chi connectivity index (χ3v) is 3.69. The molecule has 0 amide bonds. The molecule has 0 unspecified atom stereocenters. The summed E-state index contributed by atoms with van der Waals surface area (Å²) in [6.07, 6.45) is 10.5. The van der Waals surface area contributed by atoms with Gasteiger partial charge in [-0.25, -0.2) is 0 Å². The second-order valence-corrected chi connectivity index (χ2v) is 4.72. The highest BCUT2D eigenvalue weighted by Gasteiger charge is 2.25. The number of thiophene rings is 1. The molecule has 1 aliphatic carbocycles. The van der Waals surface area contributed by atoms with Crippen LogP contribution in [0.2, 0.25) is 0 Å². The zero-order chi connectivity index (χ0) is 10.1. The summed E-state index contributed by atoms with van der Waals surface area (Å²) in [5.74, 6) is 0. The van der Waals surface area contributed by atoms with Crippen molar-refractivity contribution >= 4 is 17.6 Å². The Balaban J connectivity index is 1.85. The minimum Gasteiger partial charge on any atom is -0.296 e. The van der Waals surface area contributed by atoms with Crippen LogP contribution in [0.5, 0.6) is 0 Å². The summed E-state index contributed by atoms with van der Waals surface area (Å²) in [7, 11) is 0. The van der Waals surface area contributed by atoms with Gasteiger partial charge < -0.3 is 0 Å². The topological polar surface area (TPSA) is 24.4 Å². The van der Waals surface area contributed by atoms with E-state index in [-0.39, 0.29) is 12.1 Å². The van der Waals surface area contributed by atoms with Crippen LogP contribution >= 0.6 is 11.3 Å². The number of hydrogen-bond acceptors (Lipinski definition) is 3. The minimum absolute atomic E-state index is 0.280. The molecule has 0 aromatic carbocycles. The van der Waals surface area contributed by atoms with Crippen molar-refractivity contribution in [3.63, 3.8) is 0 Å². The van der Waals surface area contributed by atoms with Crippen molar-refractivity contribution in [2.24, 2.45) is 4.99 Å². The highest BCUT2D eigenvalue weighted by molar-refractivity contribution is 7.10. The number of aliphatic imine (C=N–C) groups is 1. The van der Waals surface area contributed by atoms with E-state index in [0.717, 1.165) is 0 Å². The van der Waals surface area contributed by atoms with E-state index in [0.29, 0.717) is 6.04 Å². The number of nitrogens with one attached hydrogen (secondary N) is 1. The number of allylic oxidation sites excluding steroid dienone is 2. The van der Waals surface area contributed by atoms with Crippen LogP contribution in [0.1, 0.15) is 10.9 Å². The Morgan fingerprint density at radius 3 is 3.07 bits per heavy atom. The predicted octanol–water partition coefficient (Wildman–Crippen LogP) is 2.33. The Hall–Kier alpha value is -1.19. The number of hydrogen-bond donors (Lipinski definition) is 1. The van der Waals surface area contributed by atoms with Gasteiger partial charge in [0.1, 0.15) is 0 Å². The molecule has 0 fully saturated rings. The van der Waals surface area contributed by atoms with Crippen LogP contribution in [0.4, 0.5) is 0 Å². The van der Waals surface area contributed by atoms with E-state index in [1.54, 1.807) is 11.3 Å². The molecule has 3 atom stereocenters. The first-order valence-electron chi connectivity index (χ1n) is 5.11.